The molecule has 5 heteroatoms. The average molecular weight is 639 g/mol. The lowest BCUT2D eigenvalue weighted by Gasteiger charge is -2.64. The van der Waals surface area contributed by atoms with Crippen LogP contribution in [0.25, 0.3) is 0 Å². The van der Waals surface area contributed by atoms with Crippen molar-refractivity contribution in [2.45, 2.75) is 145 Å². The number of benzene rings is 1. The largest absolute Gasteiger partial charge is 0.493 e. The number of hydrogen-bond acceptors (Lipinski definition) is 5. The highest BCUT2D eigenvalue weighted by Gasteiger charge is 2.64. The predicted octanol–water partition coefficient (Wildman–Crippen LogP) is 9.07. The van der Waals surface area contributed by atoms with Crippen molar-refractivity contribution in [3.63, 3.8) is 0 Å². The van der Waals surface area contributed by atoms with E-state index in [1.54, 1.807) is 0 Å². The van der Waals surface area contributed by atoms with Gasteiger partial charge in [-0.2, -0.15) is 0 Å². The highest BCUT2D eigenvalue weighted by Crippen LogP contribution is 2.69. The zero-order valence-corrected chi connectivity index (χ0v) is 30.4. The van der Waals surface area contributed by atoms with Crippen LogP contribution in [0, 0.1) is 71.5 Å². The molecule has 3 unspecified atom stereocenters. The lowest BCUT2D eigenvalue weighted by atomic mass is 9.41. The molecule has 0 heterocycles. The third kappa shape index (κ3) is 6.80. The van der Waals surface area contributed by atoms with Crippen LogP contribution in [0.2, 0.25) is 0 Å². The van der Waals surface area contributed by atoms with Gasteiger partial charge < -0.3 is 19.7 Å². The molecule has 4 aliphatic carbocycles. The fourth-order valence-corrected chi connectivity index (χ4v) is 11.6. The van der Waals surface area contributed by atoms with Crippen molar-refractivity contribution in [1.29, 1.82) is 0 Å². The first kappa shape index (κ1) is 35.7. The number of aliphatic hydroxyl groups excluding tert-OH is 2. The van der Waals surface area contributed by atoms with E-state index in [0.29, 0.717) is 54.6 Å². The van der Waals surface area contributed by atoms with Crippen LogP contribution in [-0.4, -0.2) is 41.6 Å². The molecule has 4 fully saturated rings. The fraction of sp³-hybridized carbons (Fsp3) is 0.829. The van der Waals surface area contributed by atoms with Crippen molar-refractivity contribution in [2.75, 3.05) is 13.2 Å². The first-order chi connectivity index (χ1) is 21.7. The summed E-state index contributed by atoms with van der Waals surface area (Å²) >= 11 is 0. The summed E-state index contributed by atoms with van der Waals surface area (Å²) in [7, 11) is 0. The maximum Gasteiger partial charge on any atom is 0.311 e. The summed E-state index contributed by atoms with van der Waals surface area (Å²) in [6.07, 6.45) is 12.0. The van der Waals surface area contributed by atoms with Gasteiger partial charge in [0.1, 0.15) is 5.75 Å². The number of rotatable bonds is 12. The molecular formula is C41H66O5. The number of carbonyl (C=O) groups is 1. The molecule has 5 nitrogen and oxygen atoms in total. The van der Waals surface area contributed by atoms with Crippen molar-refractivity contribution < 1.29 is 24.5 Å². The average Bonchev–Trinajstić information content (AvgIpc) is 3.37. The monoisotopic (exact) mass is 638 g/mol. The van der Waals surface area contributed by atoms with E-state index in [-0.39, 0.29) is 29.0 Å². The van der Waals surface area contributed by atoms with Gasteiger partial charge >= 0.3 is 5.97 Å². The van der Waals surface area contributed by atoms with Crippen molar-refractivity contribution in [3.05, 3.63) is 29.3 Å². The lowest BCUT2D eigenvalue weighted by molar-refractivity contribution is -0.203. The maximum atomic E-state index is 13.0. The lowest BCUT2D eigenvalue weighted by Crippen LogP contribution is -2.62. The Morgan fingerprint density at radius 3 is 2.43 bits per heavy atom. The summed E-state index contributed by atoms with van der Waals surface area (Å²) in [6.45, 7) is 19.0. The smallest absolute Gasteiger partial charge is 0.311 e. The molecule has 260 valence electrons. The van der Waals surface area contributed by atoms with Gasteiger partial charge in [-0.3, -0.25) is 4.79 Å². The molecule has 4 saturated carbocycles. The molecule has 2 N–H and O–H groups in total. The van der Waals surface area contributed by atoms with Gasteiger partial charge in [0.05, 0.1) is 30.8 Å². The van der Waals surface area contributed by atoms with Crippen molar-refractivity contribution >= 4 is 5.97 Å². The highest BCUT2D eigenvalue weighted by molar-refractivity contribution is 5.75. The van der Waals surface area contributed by atoms with Gasteiger partial charge in [0.15, 0.2) is 0 Å². The molecule has 0 radical (unpaired) electrons. The maximum absolute atomic E-state index is 13.0. The van der Waals surface area contributed by atoms with Crippen LogP contribution >= 0.6 is 0 Å². The zero-order chi connectivity index (χ0) is 33.4. The summed E-state index contributed by atoms with van der Waals surface area (Å²) < 4.78 is 11.9. The van der Waals surface area contributed by atoms with E-state index in [4.69, 9.17) is 9.47 Å². The number of aliphatic hydroxyl groups is 2. The van der Waals surface area contributed by atoms with E-state index in [0.717, 1.165) is 62.7 Å². The molecule has 4 aliphatic rings. The summed E-state index contributed by atoms with van der Waals surface area (Å²) in [5, 5.41) is 22.6. The van der Waals surface area contributed by atoms with Crippen molar-refractivity contribution in [3.8, 4) is 5.75 Å². The number of esters is 1. The summed E-state index contributed by atoms with van der Waals surface area (Å²) in [4.78, 5) is 13.0. The fourth-order valence-electron chi connectivity index (χ4n) is 11.6. The Morgan fingerprint density at radius 2 is 1.70 bits per heavy atom. The van der Waals surface area contributed by atoms with Crippen LogP contribution in [0.15, 0.2) is 18.2 Å². The first-order valence-electron chi connectivity index (χ1n) is 19.0. The van der Waals surface area contributed by atoms with Crippen LogP contribution in [0.4, 0.5) is 0 Å². The molecule has 11 atom stereocenters. The Kier molecular flexibility index (Phi) is 10.9. The summed E-state index contributed by atoms with van der Waals surface area (Å²) in [6, 6.07) is 6.26. The summed E-state index contributed by atoms with van der Waals surface area (Å²) in [5.74, 6) is 4.39. The second-order valence-corrected chi connectivity index (χ2v) is 17.5. The Bertz CT molecular complexity index is 1190. The first-order valence-corrected chi connectivity index (χ1v) is 19.0. The van der Waals surface area contributed by atoms with E-state index in [1.807, 2.05) is 13.8 Å². The molecule has 0 aliphatic heterocycles. The van der Waals surface area contributed by atoms with Crippen molar-refractivity contribution in [2.24, 2.45) is 57.7 Å². The molecule has 46 heavy (non-hydrogen) atoms. The SMILES string of the molecule is CC[C@@H]1[C@H](O)C2C3CC[C@H]([C@H](C)CCCOC(=O)C(C)(C)CCCOc4cc(C)ccc4C)[C@@]3(C)CCC2[C@@]2(C)CC[C@@H](O)C[C@@H]12. The van der Waals surface area contributed by atoms with Crippen LogP contribution in [0.5, 0.6) is 5.75 Å². The molecule has 5 rings (SSSR count). The Labute approximate surface area is 280 Å². The van der Waals surface area contributed by atoms with Gasteiger partial charge in [0, 0.05) is 0 Å². The number of hydrogen-bond donors (Lipinski definition) is 2. The number of fused-ring (bicyclic) bond motifs is 5. The number of aryl methyl sites for hydroxylation is 2. The van der Waals surface area contributed by atoms with Gasteiger partial charge in [0.2, 0.25) is 0 Å². The van der Waals surface area contributed by atoms with Gasteiger partial charge in [-0.15, -0.1) is 0 Å². The third-order valence-electron chi connectivity index (χ3n) is 14.3. The normalized spacial score (nSPS) is 38.0. The zero-order valence-electron chi connectivity index (χ0n) is 30.4. The second-order valence-electron chi connectivity index (χ2n) is 17.5. The Morgan fingerprint density at radius 1 is 0.978 bits per heavy atom. The molecule has 1 aromatic rings. The minimum atomic E-state index is -0.523. The standard InChI is InChI=1S/C41H66O5/c1-9-30-34-25-29(42)17-20-41(34,8)33-18-21-40(7)31(15-16-32(40)36(33)37(30)43)27(3)12-10-22-46-38(44)39(5,6)19-11-23-45-35-24-26(2)13-14-28(35)4/h13-14,24,27,29-34,36-37,42-43H,9-12,15-23,25H2,1-8H3/t27-,29-,30+,31-,32?,33?,34+,36?,37+,40-,41-/m1/s1. The van der Waals surface area contributed by atoms with Crippen LogP contribution < -0.4 is 4.74 Å². The molecular weight excluding hydrogens is 572 g/mol. The van der Waals surface area contributed by atoms with Crippen LogP contribution in [0.3, 0.4) is 0 Å². The van der Waals surface area contributed by atoms with Gasteiger partial charge in [-0.25, -0.2) is 0 Å². The van der Waals surface area contributed by atoms with Crippen LogP contribution in [0.1, 0.15) is 130 Å². The topological polar surface area (TPSA) is 76.0 Å². The predicted molar refractivity (Wildman–Crippen MR) is 186 cm³/mol. The Balaban J connectivity index is 1.10. The molecule has 0 spiro atoms. The molecule has 0 saturated heterocycles. The van der Waals surface area contributed by atoms with E-state index in [2.05, 4.69) is 59.7 Å². The number of carbonyl (C=O) groups excluding carboxylic acids is 1. The quantitative estimate of drug-likeness (QED) is 0.176. The summed E-state index contributed by atoms with van der Waals surface area (Å²) in [5.41, 5.74) is 2.33. The molecule has 0 bridgehead atoms. The minimum Gasteiger partial charge on any atom is -0.493 e. The van der Waals surface area contributed by atoms with Gasteiger partial charge in [0.25, 0.3) is 0 Å². The van der Waals surface area contributed by atoms with E-state index in [1.165, 1.54) is 31.2 Å². The molecule has 1 aromatic carbocycles. The van der Waals surface area contributed by atoms with Crippen LogP contribution in [-0.2, 0) is 9.53 Å². The number of ether oxygens (including phenoxy) is 2. The van der Waals surface area contributed by atoms with Gasteiger partial charge in [-0.05, 0) is 168 Å². The third-order valence-corrected chi connectivity index (χ3v) is 14.3. The molecule has 0 amide bonds. The minimum absolute atomic E-state index is 0.100. The van der Waals surface area contributed by atoms with Crippen molar-refractivity contribution in [1.82, 2.24) is 0 Å². The van der Waals surface area contributed by atoms with E-state index in [9.17, 15) is 15.0 Å². The molecule has 0 aromatic heterocycles. The Hall–Kier alpha value is -1.59. The second kappa shape index (κ2) is 14.1. The van der Waals surface area contributed by atoms with E-state index < -0.39 is 5.41 Å². The van der Waals surface area contributed by atoms with E-state index >= 15 is 0 Å². The highest BCUT2D eigenvalue weighted by atomic mass is 16.5. The van der Waals surface area contributed by atoms with Gasteiger partial charge in [-0.1, -0.05) is 46.2 Å².